The highest BCUT2D eigenvalue weighted by Crippen LogP contribution is 2.10. The van der Waals surface area contributed by atoms with Crippen LogP contribution >= 0.6 is 0 Å². The summed E-state index contributed by atoms with van der Waals surface area (Å²) in [7, 11) is 0. The first-order valence-electron chi connectivity index (χ1n) is 10.2. The number of carbonyl (C=O) groups is 2. The molecule has 0 aromatic carbocycles. The number of rotatable bonds is 15. The molecule has 154 valence electrons. The molecule has 0 bridgehead atoms. The first-order valence-corrected chi connectivity index (χ1v) is 10.2. The van der Waals surface area contributed by atoms with Gasteiger partial charge in [-0.3, -0.25) is 9.59 Å². The molecule has 0 radical (unpaired) electrons. The summed E-state index contributed by atoms with van der Waals surface area (Å²) in [5, 5.41) is 0. The molecular formula is C21H40O5. The fraction of sp³-hybridized carbons (Fsp3) is 0.905. The van der Waals surface area contributed by atoms with Gasteiger partial charge in [-0.15, -0.1) is 0 Å². The zero-order valence-electron chi connectivity index (χ0n) is 17.6. The van der Waals surface area contributed by atoms with E-state index in [1.165, 1.54) is 32.1 Å². The predicted octanol–water partition coefficient (Wildman–Crippen LogP) is 5.20. The van der Waals surface area contributed by atoms with Crippen LogP contribution in [0.3, 0.4) is 0 Å². The maximum absolute atomic E-state index is 11.7. The fourth-order valence-electron chi connectivity index (χ4n) is 2.38. The SMILES string of the molecule is CCCCCCCCCOC(=O)CCCC(=O)OC(C)COC(C)(C)C. The molecule has 0 saturated carbocycles. The molecule has 1 unspecified atom stereocenters. The van der Waals surface area contributed by atoms with Crippen molar-refractivity contribution in [1.29, 1.82) is 0 Å². The van der Waals surface area contributed by atoms with E-state index < -0.39 is 0 Å². The zero-order chi connectivity index (χ0) is 19.8. The Morgan fingerprint density at radius 2 is 1.42 bits per heavy atom. The molecule has 1 atom stereocenters. The summed E-state index contributed by atoms with van der Waals surface area (Å²) < 4.78 is 16.0. The molecule has 0 heterocycles. The summed E-state index contributed by atoms with van der Waals surface area (Å²) in [5.74, 6) is -0.525. The Bertz CT molecular complexity index is 373. The number of unbranched alkanes of at least 4 members (excludes halogenated alkanes) is 6. The largest absolute Gasteiger partial charge is 0.466 e. The Morgan fingerprint density at radius 1 is 0.846 bits per heavy atom. The molecular weight excluding hydrogens is 332 g/mol. The Balaban J connectivity index is 3.55. The maximum atomic E-state index is 11.7. The highest BCUT2D eigenvalue weighted by Gasteiger charge is 2.15. The van der Waals surface area contributed by atoms with Crippen molar-refractivity contribution in [1.82, 2.24) is 0 Å². The summed E-state index contributed by atoms with van der Waals surface area (Å²) in [6.45, 7) is 10.7. The summed E-state index contributed by atoms with van der Waals surface area (Å²) >= 11 is 0. The highest BCUT2D eigenvalue weighted by atomic mass is 16.6. The summed E-state index contributed by atoms with van der Waals surface area (Å²) in [5.41, 5.74) is -0.250. The van der Waals surface area contributed by atoms with Crippen molar-refractivity contribution in [3.05, 3.63) is 0 Å². The van der Waals surface area contributed by atoms with Crippen LogP contribution in [0, 0.1) is 0 Å². The molecule has 0 aliphatic heterocycles. The minimum absolute atomic E-state index is 0.229. The van der Waals surface area contributed by atoms with E-state index in [1.807, 2.05) is 20.8 Å². The first-order chi connectivity index (χ1) is 12.2. The molecule has 0 fully saturated rings. The summed E-state index contributed by atoms with van der Waals surface area (Å²) in [6.07, 6.45) is 9.03. The molecule has 5 nitrogen and oxygen atoms in total. The van der Waals surface area contributed by atoms with Crippen LogP contribution in [0.15, 0.2) is 0 Å². The van der Waals surface area contributed by atoms with Crippen LogP contribution in [-0.4, -0.2) is 36.9 Å². The lowest BCUT2D eigenvalue weighted by atomic mass is 10.1. The van der Waals surface area contributed by atoms with E-state index in [9.17, 15) is 9.59 Å². The topological polar surface area (TPSA) is 61.8 Å². The Labute approximate surface area is 160 Å². The van der Waals surface area contributed by atoms with E-state index >= 15 is 0 Å². The second-order valence-corrected chi connectivity index (χ2v) is 7.92. The molecule has 5 heteroatoms. The van der Waals surface area contributed by atoms with E-state index in [4.69, 9.17) is 14.2 Å². The van der Waals surface area contributed by atoms with Gasteiger partial charge in [0.25, 0.3) is 0 Å². The van der Waals surface area contributed by atoms with Crippen LogP contribution in [0.4, 0.5) is 0 Å². The number of hydrogen-bond acceptors (Lipinski definition) is 5. The number of esters is 2. The lowest BCUT2D eigenvalue weighted by molar-refractivity contribution is -0.154. The lowest BCUT2D eigenvalue weighted by Crippen LogP contribution is -2.27. The number of ether oxygens (including phenoxy) is 3. The molecule has 26 heavy (non-hydrogen) atoms. The van der Waals surface area contributed by atoms with Crippen LogP contribution in [0.5, 0.6) is 0 Å². The van der Waals surface area contributed by atoms with Crippen molar-refractivity contribution >= 4 is 11.9 Å². The van der Waals surface area contributed by atoms with Gasteiger partial charge in [0.05, 0.1) is 18.8 Å². The van der Waals surface area contributed by atoms with Gasteiger partial charge in [-0.2, -0.15) is 0 Å². The third kappa shape index (κ3) is 17.7. The van der Waals surface area contributed by atoms with Crippen molar-refractivity contribution in [2.75, 3.05) is 13.2 Å². The second-order valence-electron chi connectivity index (χ2n) is 7.92. The average Bonchev–Trinajstić information content (AvgIpc) is 2.55. The second kappa shape index (κ2) is 15.0. The van der Waals surface area contributed by atoms with Crippen LogP contribution < -0.4 is 0 Å². The summed E-state index contributed by atoms with van der Waals surface area (Å²) in [6, 6.07) is 0. The predicted molar refractivity (Wildman–Crippen MR) is 104 cm³/mol. The van der Waals surface area contributed by atoms with E-state index in [-0.39, 0.29) is 36.5 Å². The maximum Gasteiger partial charge on any atom is 0.306 e. The van der Waals surface area contributed by atoms with Gasteiger partial charge in [0.2, 0.25) is 0 Å². The minimum atomic E-state index is -0.296. The third-order valence-corrected chi connectivity index (χ3v) is 3.86. The standard InChI is InChI=1S/C21H40O5/c1-6-7-8-9-10-11-12-16-24-19(22)14-13-15-20(23)26-18(2)17-25-21(3,4)5/h18H,6-17H2,1-5H3. The third-order valence-electron chi connectivity index (χ3n) is 3.86. The fourth-order valence-corrected chi connectivity index (χ4v) is 2.38. The molecule has 0 rings (SSSR count). The van der Waals surface area contributed by atoms with Gasteiger partial charge < -0.3 is 14.2 Å². The van der Waals surface area contributed by atoms with E-state index in [1.54, 1.807) is 6.92 Å². The van der Waals surface area contributed by atoms with Crippen LogP contribution in [0.2, 0.25) is 0 Å². The van der Waals surface area contributed by atoms with Gasteiger partial charge >= 0.3 is 11.9 Å². The van der Waals surface area contributed by atoms with Gasteiger partial charge in [-0.05, 0) is 40.5 Å². The smallest absolute Gasteiger partial charge is 0.306 e. The molecule has 0 amide bonds. The summed E-state index contributed by atoms with van der Waals surface area (Å²) in [4.78, 5) is 23.4. The molecule has 0 aromatic rings. The van der Waals surface area contributed by atoms with Gasteiger partial charge in [-0.25, -0.2) is 0 Å². The first kappa shape index (κ1) is 24.9. The lowest BCUT2D eigenvalue weighted by Gasteiger charge is -2.22. The monoisotopic (exact) mass is 372 g/mol. The van der Waals surface area contributed by atoms with Crippen LogP contribution in [0.25, 0.3) is 0 Å². The molecule has 0 aliphatic carbocycles. The van der Waals surface area contributed by atoms with Gasteiger partial charge in [0.1, 0.15) is 6.10 Å². The van der Waals surface area contributed by atoms with Crippen molar-refractivity contribution in [3.8, 4) is 0 Å². The van der Waals surface area contributed by atoms with Crippen molar-refractivity contribution in [2.45, 2.75) is 111 Å². The van der Waals surface area contributed by atoms with Crippen LogP contribution in [-0.2, 0) is 23.8 Å². The van der Waals surface area contributed by atoms with E-state index in [0.29, 0.717) is 19.6 Å². The number of carbonyl (C=O) groups excluding carboxylic acids is 2. The van der Waals surface area contributed by atoms with Gasteiger partial charge in [0.15, 0.2) is 0 Å². The molecule has 0 saturated heterocycles. The Kier molecular flexibility index (Phi) is 14.4. The number of hydrogen-bond donors (Lipinski definition) is 0. The van der Waals surface area contributed by atoms with Gasteiger partial charge in [0, 0.05) is 12.8 Å². The van der Waals surface area contributed by atoms with Crippen molar-refractivity contribution in [2.24, 2.45) is 0 Å². The minimum Gasteiger partial charge on any atom is -0.466 e. The Morgan fingerprint density at radius 3 is 2.04 bits per heavy atom. The van der Waals surface area contributed by atoms with Crippen molar-refractivity contribution < 1.29 is 23.8 Å². The molecule has 0 N–H and O–H groups in total. The highest BCUT2D eigenvalue weighted by molar-refractivity contribution is 5.72. The Hall–Kier alpha value is -1.10. The normalized spacial score (nSPS) is 12.7. The zero-order valence-corrected chi connectivity index (χ0v) is 17.6. The average molecular weight is 373 g/mol. The quantitative estimate of drug-likeness (QED) is 0.292. The van der Waals surface area contributed by atoms with Crippen LogP contribution in [0.1, 0.15) is 98.8 Å². The molecule has 0 aromatic heterocycles. The van der Waals surface area contributed by atoms with E-state index in [2.05, 4.69) is 6.92 Å². The van der Waals surface area contributed by atoms with Crippen molar-refractivity contribution in [3.63, 3.8) is 0 Å². The molecule has 0 spiro atoms. The van der Waals surface area contributed by atoms with E-state index in [0.717, 1.165) is 12.8 Å². The molecule has 0 aliphatic rings. The van der Waals surface area contributed by atoms with Gasteiger partial charge in [-0.1, -0.05) is 45.4 Å².